The highest BCUT2D eigenvalue weighted by Gasteiger charge is 2.11. The molecule has 0 radical (unpaired) electrons. The second-order valence-electron chi connectivity index (χ2n) is 6.15. The molecule has 1 aromatic heterocycles. The SMILES string of the molecule is COc1cccc(CNC(=O)c2cccc(OCc3c(C)noc3C)c2)c1. The van der Waals surface area contributed by atoms with Crippen molar-refractivity contribution in [3.63, 3.8) is 0 Å². The summed E-state index contributed by atoms with van der Waals surface area (Å²) in [7, 11) is 1.62. The Bertz CT molecular complexity index is 914. The molecule has 0 aliphatic carbocycles. The number of nitrogens with one attached hydrogen (secondary N) is 1. The lowest BCUT2D eigenvalue weighted by molar-refractivity contribution is 0.0950. The molecule has 6 nitrogen and oxygen atoms in total. The van der Waals surface area contributed by atoms with Crippen LogP contribution >= 0.6 is 0 Å². The Balaban J connectivity index is 1.61. The molecule has 0 aliphatic rings. The summed E-state index contributed by atoms with van der Waals surface area (Å²) in [6.45, 7) is 4.48. The van der Waals surface area contributed by atoms with Crippen molar-refractivity contribution in [1.82, 2.24) is 10.5 Å². The van der Waals surface area contributed by atoms with E-state index in [0.29, 0.717) is 24.5 Å². The maximum absolute atomic E-state index is 12.4. The van der Waals surface area contributed by atoms with Crippen LogP contribution < -0.4 is 14.8 Å². The van der Waals surface area contributed by atoms with Crippen LogP contribution in [0.2, 0.25) is 0 Å². The molecule has 0 saturated heterocycles. The van der Waals surface area contributed by atoms with Gasteiger partial charge in [-0.2, -0.15) is 0 Å². The van der Waals surface area contributed by atoms with Crippen LogP contribution in [0.25, 0.3) is 0 Å². The summed E-state index contributed by atoms with van der Waals surface area (Å²) in [5.41, 5.74) is 3.23. The van der Waals surface area contributed by atoms with Crippen LogP contribution in [0.3, 0.4) is 0 Å². The fourth-order valence-electron chi connectivity index (χ4n) is 2.66. The topological polar surface area (TPSA) is 73.6 Å². The lowest BCUT2D eigenvalue weighted by Gasteiger charge is -2.09. The number of nitrogens with zero attached hydrogens (tertiary/aromatic N) is 1. The molecule has 0 aliphatic heterocycles. The van der Waals surface area contributed by atoms with Crippen LogP contribution in [0.15, 0.2) is 53.1 Å². The van der Waals surface area contributed by atoms with E-state index in [4.69, 9.17) is 14.0 Å². The number of aromatic nitrogens is 1. The van der Waals surface area contributed by atoms with E-state index in [0.717, 1.165) is 28.3 Å². The number of hydrogen-bond donors (Lipinski definition) is 1. The molecule has 6 heteroatoms. The second kappa shape index (κ2) is 8.40. The van der Waals surface area contributed by atoms with Gasteiger partial charge in [-0.05, 0) is 49.7 Å². The zero-order valence-corrected chi connectivity index (χ0v) is 15.6. The van der Waals surface area contributed by atoms with Gasteiger partial charge in [-0.1, -0.05) is 23.4 Å². The van der Waals surface area contributed by atoms with Crippen LogP contribution in [0, 0.1) is 13.8 Å². The third kappa shape index (κ3) is 4.67. The van der Waals surface area contributed by atoms with Gasteiger partial charge >= 0.3 is 0 Å². The molecule has 0 fully saturated rings. The fraction of sp³-hybridized carbons (Fsp3) is 0.238. The zero-order chi connectivity index (χ0) is 19.2. The highest BCUT2D eigenvalue weighted by Crippen LogP contribution is 2.19. The van der Waals surface area contributed by atoms with E-state index in [-0.39, 0.29) is 5.91 Å². The Labute approximate surface area is 158 Å². The Morgan fingerprint density at radius 3 is 2.63 bits per heavy atom. The molecule has 1 amide bonds. The number of carbonyl (C=O) groups is 1. The first-order valence-corrected chi connectivity index (χ1v) is 8.62. The first kappa shape index (κ1) is 18.5. The molecule has 3 rings (SSSR count). The minimum atomic E-state index is -0.166. The van der Waals surface area contributed by atoms with Gasteiger partial charge in [0.15, 0.2) is 0 Å². The summed E-state index contributed by atoms with van der Waals surface area (Å²) in [5.74, 6) is 1.95. The van der Waals surface area contributed by atoms with Crippen LogP contribution in [-0.2, 0) is 13.2 Å². The number of rotatable bonds is 7. The van der Waals surface area contributed by atoms with E-state index in [2.05, 4.69) is 10.5 Å². The number of hydrogen-bond acceptors (Lipinski definition) is 5. The van der Waals surface area contributed by atoms with Gasteiger partial charge in [0, 0.05) is 12.1 Å². The molecule has 27 heavy (non-hydrogen) atoms. The Hall–Kier alpha value is -3.28. The van der Waals surface area contributed by atoms with Gasteiger partial charge < -0.3 is 19.3 Å². The van der Waals surface area contributed by atoms with Gasteiger partial charge in [0.2, 0.25) is 0 Å². The number of aryl methyl sites for hydroxylation is 2. The largest absolute Gasteiger partial charge is 0.497 e. The first-order valence-electron chi connectivity index (χ1n) is 8.62. The first-order chi connectivity index (χ1) is 13.1. The van der Waals surface area contributed by atoms with Gasteiger partial charge in [0.25, 0.3) is 5.91 Å². The van der Waals surface area contributed by atoms with Crippen LogP contribution in [0.5, 0.6) is 11.5 Å². The smallest absolute Gasteiger partial charge is 0.251 e. The minimum Gasteiger partial charge on any atom is -0.497 e. The normalized spacial score (nSPS) is 10.5. The summed E-state index contributed by atoms with van der Waals surface area (Å²) in [5, 5.41) is 6.82. The number of ether oxygens (including phenoxy) is 2. The highest BCUT2D eigenvalue weighted by atomic mass is 16.5. The van der Waals surface area contributed by atoms with Gasteiger partial charge in [-0.25, -0.2) is 0 Å². The molecule has 0 spiro atoms. The van der Waals surface area contributed by atoms with E-state index in [9.17, 15) is 4.79 Å². The van der Waals surface area contributed by atoms with Gasteiger partial charge in [-0.15, -0.1) is 0 Å². The van der Waals surface area contributed by atoms with E-state index in [1.807, 2.05) is 44.2 Å². The van der Waals surface area contributed by atoms with Gasteiger partial charge in [0.05, 0.1) is 18.4 Å². The molecular weight excluding hydrogens is 344 g/mol. The molecule has 2 aromatic carbocycles. The quantitative estimate of drug-likeness (QED) is 0.688. The zero-order valence-electron chi connectivity index (χ0n) is 15.6. The maximum Gasteiger partial charge on any atom is 0.251 e. The van der Waals surface area contributed by atoms with E-state index >= 15 is 0 Å². The van der Waals surface area contributed by atoms with Gasteiger partial charge in [-0.3, -0.25) is 4.79 Å². The minimum absolute atomic E-state index is 0.166. The Morgan fingerprint density at radius 1 is 1.11 bits per heavy atom. The molecule has 1 heterocycles. The summed E-state index contributed by atoms with van der Waals surface area (Å²) in [6.07, 6.45) is 0. The average molecular weight is 366 g/mol. The number of carbonyl (C=O) groups excluding carboxylic acids is 1. The highest BCUT2D eigenvalue weighted by molar-refractivity contribution is 5.94. The van der Waals surface area contributed by atoms with Crippen LogP contribution in [0.4, 0.5) is 0 Å². The predicted molar refractivity (Wildman–Crippen MR) is 101 cm³/mol. The Kier molecular flexibility index (Phi) is 5.76. The molecular formula is C21H22N2O4. The van der Waals surface area contributed by atoms with Gasteiger partial charge in [0.1, 0.15) is 23.9 Å². The molecule has 0 bridgehead atoms. The third-order valence-corrected chi connectivity index (χ3v) is 4.25. The number of benzene rings is 2. The van der Waals surface area contributed by atoms with E-state index in [1.54, 1.807) is 25.3 Å². The summed E-state index contributed by atoms with van der Waals surface area (Å²) < 4.78 is 16.1. The van der Waals surface area contributed by atoms with E-state index < -0.39 is 0 Å². The monoisotopic (exact) mass is 366 g/mol. The molecule has 140 valence electrons. The number of amides is 1. The average Bonchev–Trinajstić information content (AvgIpc) is 3.02. The summed E-state index contributed by atoms with van der Waals surface area (Å²) >= 11 is 0. The maximum atomic E-state index is 12.4. The fourth-order valence-corrected chi connectivity index (χ4v) is 2.66. The molecule has 0 atom stereocenters. The number of methoxy groups -OCH3 is 1. The van der Waals surface area contributed by atoms with Crippen LogP contribution in [-0.4, -0.2) is 18.2 Å². The van der Waals surface area contributed by atoms with Crippen molar-refractivity contribution in [1.29, 1.82) is 0 Å². The molecule has 0 saturated carbocycles. The molecule has 0 unspecified atom stereocenters. The summed E-state index contributed by atoms with van der Waals surface area (Å²) in [6, 6.07) is 14.7. The lowest BCUT2D eigenvalue weighted by atomic mass is 10.1. The van der Waals surface area contributed by atoms with E-state index in [1.165, 1.54) is 0 Å². The second-order valence-corrected chi connectivity index (χ2v) is 6.15. The third-order valence-electron chi connectivity index (χ3n) is 4.25. The molecule has 3 aromatic rings. The van der Waals surface area contributed by atoms with Crippen molar-refractivity contribution < 1.29 is 18.8 Å². The predicted octanol–water partition coefficient (Wildman–Crippen LogP) is 3.81. The standard InChI is InChI=1S/C21H22N2O4/c1-14-20(15(2)27-23-14)13-26-19-9-5-7-17(11-19)21(24)22-12-16-6-4-8-18(10-16)25-3/h4-11H,12-13H2,1-3H3,(H,22,24). The van der Waals surface area contributed by atoms with Crippen molar-refractivity contribution in [2.45, 2.75) is 27.0 Å². The van der Waals surface area contributed by atoms with Crippen molar-refractivity contribution in [3.8, 4) is 11.5 Å². The van der Waals surface area contributed by atoms with Crippen molar-refractivity contribution in [2.24, 2.45) is 0 Å². The van der Waals surface area contributed by atoms with Crippen molar-refractivity contribution in [2.75, 3.05) is 7.11 Å². The summed E-state index contributed by atoms with van der Waals surface area (Å²) in [4.78, 5) is 12.4. The van der Waals surface area contributed by atoms with Crippen LogP contribution in [0.1, 0.15) is 32.9 Å². The Morgan fingerprint density at radius 2 is 1.89 bits per heavy atom. The van der Waals surface area contributed by atoms with Crippen molar-refractivity contribution in [3.05, 3.63) is 76.7 Å². The molecule has 1 N–H and O–H groups in total. The van der Waals surface area contributed by atoms with Crippen molar-refractivity contribution >= 4 is 5.91 Å². The lowest BCUT2D eigenvalue weighted by Crippen LogP contribution is -2.22.